The van der Waals surface area contributed by atoms with Crippen molar-refractivity contribution in [2.45, 2.75) is 0 Å². The number of rotatable bonds is 3. The zero-order valence-corrected chi connectivity index (χ0v) is 13.2. The van der Waals surface area contributed by atoms with Gasteiger partial charge < -0.3 is 0 Å². The minimum atomic E-state index is -1.71. The van der Waals surface area contributed by atoms with Crippen molar-refractivity contribution in [3.05, 3.63) is 108 Å². The maximum atomic E-state index is 2.28. The third kappa shape index (κ3) is 2.08. The zero-order chi connectivity index (χ0) is 14.8. The van der Waals surface area contributed by atoms with E-state index in [1.54, 1.807) is 0 Å². The van der Waals surface area contributed by atoms with Gasteiger partial charge in [0.15, 0.2) is 0 Å². The van der Waals surface area contributed by atoms with Crippen LogP contribution in [-0.2, 0) is 0 Å². The lowest BCUT2D eigenvalue weighted by molar-refractivity contribution is 1.73. The summed E-state index contributed by atoms with van der Waals surface area (Å²) in [6.45, 7) is -1.71. The maximum absolute atomic E-state index is 2.28. The summed E-state index contributed by atoms with van der Waals surface area (Å²) in [4.78, 5) is 1.48. The second kappa shape index (κ2) is 5.48. The molecule has 0 saturated carbocycles. The van der Waals surface area contributed by atoms with Gasteiger partial charge in [-0.25, -0.2) is 0 Å². The van der Waals surface area contributed by atoms with Crippen LogP contribution in [0.3, 0.4) is 0 Å². The van der Waals surface area contributed by atoms with Gasteiger partial charge in [-0.05, 0) is 27.7 Å². The summed E-state index contributed by atoms with van der Waals surface area (Å²) in [7, 11) is 0. The van der Waals surface area contributed by atoms with Crippen molar-refractivity contribution in [3.8, 4) is 0 Å². The van der Waals surface area contributed by atoms with E-state index in [0.717, 1.165) is 0 Å². The molecule has 4 rings (SSSR count). The fourth-order valence-electron chi connectivity index (χ4n) is 3.11. The van der Waals surface area contributed by atoms with Gasteiger partial charge in [-0.3, -0.25) is 0 Å². The van der Waals surface area contributed by atoms with Crippen molar-refractivity contribution in [1.29, 1.82) is 0 Å². The van der Waals surface area contributed by atoms with Gasteiger partial charge in [0.1, 0.15) is 0 Å². The molecule has 0 heterocycles. The van der Waals surface area contributed by atoms with E-state index >= 15 is 0 Å². The number of benzene rings is 3. The molecule has 0 nitrogen and oxygen atoms in total. The molecular weight excluding hydrogens is 283 g/mol. The van der Waals surface area contributed by atoms with Crippen molar-refractivity contribution < 1.29 is 0 Å². The Morgan fingerprint density at radius 3 is 0.955 bits per heavy atom. The number of hydrogen-bond donors (Lipinski definition) is 0. The fourth-order valence-corrected chi connectivity index (χ4v) is 7.28. The first-order chi connectivity index (χ1) is 10.9. The summed E-state index contributed by atoms with van der Waals surface area (Å²) >= 11 is 0. The van der Waals surface area contributed by atoms with Gasteiger partial charge in [0.2, 0.25) is 0 Å². The molecule has 1 heteroatoms. The van der Waals surface area contributed by atoms with Gasteiger partial charge in [0, 0.05) is 0 Å². The predicted octanol–water partition coefficient (Wildman–Crippen LogP) is 4.09. The highest BCUT2D eigenvalue weighted by molar-refractivity contribution is 7.89. The highest BCUT2D eigenvalue weighted by Gasteiger charge is 2.26. The van der Waals surface area contributed by atoms with Crippen molar-refractivity contribution in [3.63, 3.8) is 0 Å². The van der Waals surface area contributed by atoms with Crippen LogP contribution >= 0.6 is 6.89 Å². The van der Waals surface area contributed by atoms with Crippen LogP contribution in [0.15, 0.2) is 103 Å². The lowest BCUT2D eigenvalue weighted by Crippen LogP contribution is -2.25. The van der Waals surface area contributed by atoms with E-state index in [1.165, 1.54) is 20.9 Å². The summed E-state index contributed by atoms with van der Waals surface area (Å²) in [6.07, 6.45) is 0. The van der Waals surface area contributed by atoms with Gasteiger partial charge in [-0.1, -0.05) is 103 Å². The molecule has 0 atom stereocenters. The van der Waals surface area contributed by atoms with Gasteiger partial charge in [0.05, 0.1) is 0 Å². The van der Waals surface area contributed by atoms with Crippen LogP contribution in [-0.4, -0.2) is 0 Å². The molecule has 0 spiro atoms. The Morgan fingerprint density at radius 2 is 0.682 bits per heavy atom. The topological polar surface area (TPSA) is 0 Å². The molecular formula is C21H17P. The third-order valence-electron chi connectivity index (χ3n) is 4.13. The van der Waals surface area contributed by atoms with Crippen LogP contribution in [0.25, 0.3) is 0 Å². The van der Waals surface area contributed by atoms with Crippen LogP contribution in [0.4, 0.5) is 0 Å². The van der Waals surface area contributed by atoms with E-state index in [9.17, 15) is 0 Å². The van der Waals surface area contributed by atoms with E-state index in [4.69, 9.17) is 0 Å². The first kappa shape index (κ1) is 13.4. The molecule has 0 radical (unpaired) electrons. The Hall–Kier alpha value is -2.30. The molecule has 0 amide bonds. The van der Waals surface area contributed by atoms with Crippen molar-refractivity contribution in [2.75, 3.05) is 0 Å². The van der Waals surface area contributed by atoms with Crippen LogP contribution in [0.1, 0.15) is 0 Å². The van der Waals surface area contributed by atoms with Crippen LogP contribution < -0.4 is 15.9 Å². The van der Waals surface area contributed by atoms with Crippen molar-refractivity contribution in [2.24, 2.45) is 0 Å². The van der Waals surface area contributed by atoms with Crippen LogP contribution in [0, 0.1) is 4.94 Å². The summed E-state index contributed by atoms with van der Waals surface area (Å²) in [5.41, 5.74) is 0. The standard InChI is InChI=1S/C21H17P/c1-4-10-18(11-5-1)22(21-16-17-21,19-12-6-2-7-13-19)20-14-8-3-9-15-20/h1-17H. The Balaban J connectivity index is 2.15. The molecule has 0 aliphatic rings. The quantitative estimate of drug-likeness (QED) is 0.500. The van der Waals surface area contributed by atoms with Crippen LogP contribution in [0.2, 0.25) is 0 Å². The second-order valence-corrected chi connectivity index (χ2v) is 8.84. The third-order valence-corrected chi connectivity index (χ3v) is 8.42. The van der Waals surface area contributed by atoms with E-state index < -0.39 is 6.89 Å². The highest BCUT2D eigenvalue weighted by atomic mass is 31.2. The molecule has 22 heavy (non-hydrogen) atoms. The monoisotopic (exact) mass is 300 g/mol. The molecule has 0 aromatic heterocycles. The Kier molecular flexibility index (Phi) is 3.33. The van der Waals surface area contributed by atoms with Gasteiger partial charge in [-0.2, -0.15) is 0 Å². The zero-order valence-electron chi connectivity index (χ0n) is 12.3. The average Bonchev–Trinajstić information content (AvgIpc) is 3.44. The summed E-state index contributed by atoms with van der Waals surface area (Å²) in [5.74, 6) is 0. The smallest absolute Gasteiger partial charge is 0.0155 e. The van der Waals surface area contributed by atoms with Gasteiger partial charge >= 0.3 is 0 Å². The highest BCUT2D eigenvalue weighted by Crippen LogP contribution is 2.49. The average molecular weight is 300 g/mol. The first-order valence-electron chi connectivity index (χ1n) is 7.54. The molecule has 0 unspecified atom stereocenters. The van der Waals surface area contributed by atoms with Gasteiger partial charge in [0.25, 0.3) is 0 Å². The Morgan fingerprint density at radius 1 is 0.364 bits per heavy atom. The molecule has 0 aliphatic carbocycles. The molecule has 0 aliphatic heterocycles. The molecule has 4 aromatic rings. The Labute approximate surface area is 131 Å². The lowest BCUT2D eigenvalue weighted by Gasteiger charge is -2.27. The van der Waals surface area contributed by atoms with E-state index in [1.807, 2.05) is 0 Å². The summed E-state index contributed by atoms with van der Waals surface area (Å²) in [6, 6.07) is 37.4. The van der Waals surface area contributed by atoms with Crippen molar-refractivity contribution >= 4 is 22.8 Å². The minimum absolute atomic E-state index is 1.42. The summed E-state index contributed by atoms with van der Waals surface area (Å²) in [5, 5.41) is 4.27. The van der Waals surface area contributed by atoms with E-state index in [2.05, 4.69) is 103 Å². The fraction of sp³-hybridized carbons (Fsp3) is 0. The Bertz CT molecular complexity index is 797. The molecule has 0 N–H and O–H groups in total. The first-order valence-corrected chi connectivity index (χ1v) is 9.33. The predicted molar refractivity (Wildman–Crippen MR) is 97.2 cm³/mol. The van der Waals surface area contributed by atoms with E-state index in [-0.39, 0.29) is 0 Å². The normalized spacial score (nSPS) is 11.6. The minimum Gasteiger partial charge on any atom is -0.0622 e. The molecule has 0 saturated heterocycles. The van der Waals surface area contributed by atoms with E-state index in [0.29, 0.717) is 0 Å². The van der Waals surface area contributed by atoms with Crippen molar-refractivity contribution in [1.82, 2.24) is 0 Å². The summed E-state index contributed by atoms with van der Waals surface area (Å²) < 4.78 is 0. The molecule has 106 valence electrons. The lowest BCUT2D eigenvalue weighted by atomic mass is 10.4. The SMILES string of the molecule is c1ccc(P(c2ccccc2)(c2ccccc2)=c2cc2)cc1. The number of hydrogen-bond acceptors (Lipinski definition) is 0. The van der Waals surface area contributed by atoms with Gasteiger partial charge in [-0.15, -0.1) is 0 Å². The van der Waals surface area contributed by atoms with Crippen LogP contribution in [0.5, 0.6) is 0 Å². The maximum Gasteiger partial charge on any atom is -0.0155 e. The second-order valence-electron chi connectivity index (χ2n) is 5.44. The molecule has 0 fully saturated rings. The molecule has 4 aromatic carbocycles. The largest absolute Gasteiger partial charge is 0.0622 e. The molecule has 0 bridgehead atoms.